The van der Waals surface area contributed by atoms with Gasteiger partial charge >= 0.3 is 6.18 Å². The quantitative estimate of drug-likeness (QED) is 0.768. The van der Waals surface area contributed by atoms with E-state index in [-0.39, 0.29) is 11.6 Å². The van der Waals surface area contributed by atoms with Crippen molar-refractivity contribution in [1.29, 1.82) is 0 Å². The van der Waals surface area contributed by atoms with E-state index in [0.29, 0.717) is 11.0 Å². The molecule has 0 aliphatic heterocycles. The summed E-state index contributed by atoms with van der Waals surface area (Å²) in [4.78, 5) is 6.25. The van der Waals surface area contributed by atoms with E-state index in [1.807, 2.05) is 0 Å². The minimum absolute atomic E-state index is 0.00953. The maximum absolute atomic E-state index is 12.0. The molecule has 3 nitrogen and oxygen atoms in total. The van der Waals surface area contributed by atoms with E-state index in [4.69, 9.17) is 5.11 Å². The minimum Gasteiger partial charge on any atom is -0.508 e. The standard InChI is InChI=1S/C9H7F3N2O/c10-9(11,12)4-8-13-6-2-1-5(15)3-7(6)14-8/h1-3,15H,4H2,(H,13,14). The Morgan fingerprint density at radius 1 is 1.33 bits per heavy atom. The zero-order valence-electron chi connectivity index (χ0n) is 7.47. The van der Waals surface area contributed by atoms with Gasteiger partial charge in [-0.05, 0) is 12.1 Å². The fourth-order valence-electron chi connectivity index (χ4n) is 1.32. The fraction of sp³-hybridized carbons (Fsp3) is 0.222. The first-order chi connectivity index (χ1) is 6.94. The van der Waals surface area contributed by atoms with Crippen molar-refractivity contribution in [2.24, 2.45) is 0 Å². The Balaban J connectivity index is 2.39. The van der Waals surface area contributed by atoms with Crippen molar-refractivity contribution < 1.29 is 18.3 Å². The maximum Gasteiger partial charge on any atom is 0.396 e. The average molecular weight is 216 g/mol. The molecule has 1 aromatic carbocycles. The largest absolute Gasteiger partial charge is 0.508 e. The first-order valence-electron chi connectivity index (χ1n) is 4.18. The Bertz CT molecular complexity index is 490. The number of benzene rings is 1. The minimum atomic E-state index is -4.28. The Labute approximate surface area is 82.6 Å². The lowest BCUT2D eigenvalue weighted by Crippen LogP contribution is -2.12. The number of H-pyrrole nitrogens is 1. The van der Waals surface area contributed by atoms with Crippen LogP contribution in [0.2, 0.25) is 0 Å². The van der Waals surface area contributed by atoms with Gasteiger partial charge < -0.3 is 10.1 Å². The molecule has 6 heteroatoms. The molecule has 2 N–H and O–H groups in total. The van der Waals surface area contributed by atoms with Gasteiger partial charge in [0.2, 0.25) is 0 Å². The molecule has 1 aromatic heterocycles. The highest BCUT2D eigenvalue weighted by Crippen LogP contribution is 2.23. The van der Waals surface area contributed by atoms with Gasteiger partial charge in [0.05, 0.1) is 11.0 Å². The van der Waals surface area contributed by atoms with Crippen LogP contribution in [0.15, 0.2) is 18.2 Å². The second-order valence-electron chi connectivity index (χ2n) is 3.18. The first-order valence-corrected chi connectivity index (χ1v) is 4.18. The van der Waals surface area contributed by atoms with Crippen molar-refractivity contribution in [3.8, 4) is 5.75 Å². The van der Waals surface area contributed by atoms with E-state index in [0.717, 1.165) is 0 Å². The molecule has 1 heterocycles. The number of phenols is 1. The molecule has 0 bridgehead atoms. The molecule has 0 amide bonds. The van der Waals surface area contributed by atoms with Crippen LogP contribution >= 0.6 is 0 Å². The fourth-order valence-corrected chi connectivity index (χ4v) is 1.32. The molecule has 0 aliphatic rings. The highest BCUT2D eigenvalue weighted by molar-refractivity contribution is 5.76. The number of nitrogens with one attached hydrogen (secondary N) is 1. The normalized spacial score (nSPS) is 12.2. The highest BCUT2D eigenvalue weighted by atomic mass is 19.4. The van der Waals surface area contributed by atoms with Gasteiger partial charge in [-0.25, -0.2) is 4.98 Å². The van der Waals surface area contributed by atoms with Crippen LogP contribution in [0.3, 0.4) is 0 Å². The lowest BCUT2D eigenvalue weighted by Gasteiger charge is -2.01. The molecule has 15 heavy (non-hydrogen) atoms. The van der Waals surface area contributed by atoms with E-state index < -0.39 is 12.6 Å². The van der Waals surface area contributed by atoms with Crippen molar-refractivity contribution in [2.45, 2.75) is 12.6 Å². The van der Waals surface area contributed by atoms with Crippen LogP contribution in [-0.2, 0) is 6.42 Å². The number of alkyl halides is 3. The molecular weight excluding hydrogens is 209 g/mol. The summed E-state index contributed by atoms with van der Waals surface area (Å²) in [5.41, 5.74) is 0.807. The van der Waals surface area contributed by atoms with Crippen LogP contribution in [0.1, 0.15) is 5.82 Å². The summed E-state index contributed by atoms with van der Waals surface area (Å²) in [6, 6.07) is 4.17. The summed E-state index contributed by atoms with van der Waals surface area (Å²) in [6.07, 6.45) is -5.38. The second kappa shape index (κ2) is 3.15. The number of fused-ring (bicyclic) bond motifs is 1. The molecule has 0 spiro atoms. The van der Waals surface area contributed by atoms with Crippen molar-refractivity contribution in [3.63, 3.8) is 0 Å². The van der Waals surface area contributed by atoms with Gasteiger partial charge in [-0.2, -0.15) is 13.2 Å². The van der Waals surface area contributed by atoms with Crippen LogP contribution in [0.25, 0.3) is 11.0 Å². The van der Waals surface area contributed by atoms with E-state index in [1.54, 1.807) is 0 Å². The van der Waals surface area contributed by atoms with Gasteiger partial charge in [-0.1, -0.05) is 0 Å². The second-order valence-corrected chi connectivity index (χ2v) is 3.18. The third-order valence-electron chi connectivity index (χ3n) is 1.88. The van der Waals surface area contributed by atoms with Gasteiger partial charge in [0, 0.05) is 6.07 Å². The zero-order chi connectivity index (χ0) is 11.1. The van der Waals surface area contributed by atoms with Crippen LogP contribution in [0.5, 0.6) is 5.75 Å². The average Bonchev–Trinajstić information content (AvgIpc) is 2.42. The van der Waals surface area contributed by atoms with Gasteiger partial charge in [0.25, 0.3) is 0 Å². The third kappa shape index (κ3) is 2.20. The number of nitrogens with zero attached hydrogens (tertiary/aromatic N) is 1. The van der Waals surface area contributed by atoms with Gasteiger partial charge in [0.1, 0.15) is 18.0 Å². The molecule has 0 saturated heterocycles. The van der Waals surface area contributed by atoms with Crippen molar-refractivity contribution in [1.82, 2.24) is 9.97 Å². The zero-order valence-corrected chi connectivity index (χ0v) is 7.47. The van der Waals surface area contributed by atoms with Crippen LogP contribution in [0, 0.1) is 0 Å². The molecule has 2 aromatic rings. The van der Waals surface area contributed by atoms with Crippen LogP contribution < -0.4 is 0 Å². The monoisotopic (exact) mass is 216 g/mol. The number of imidazole rings is 1. The molecule has 2 rings (SSSR count). The van der Waals surface area contributed by atoms with Gasteiger partial charge in [0.15, 0.2) is 0 Å². The predicted octanol–water partition coefficient (Wildman–Crippen LogP) is 2.37. The maximum atomic E-state index is 12.0. The molecule has 0 fully saturated rings. The van der Waals surface area contributed by atoms with Crippen LogP contribution in [0.4, 0.5) is 13.2 Å². The van der Waals surface area contributed by atoms with Gasteiger partial charge in [-0.15, -0.1) is 0 Å². The Hall–Kier alpha value is -1.72. The summed E-state index contributed by atoms with van der Waals surface area (Å²) >= 11 is 0. The lowest BCUT2D eigenvalue weighted by molar-refractivity contribution is -0.128. The first kappa shape index (κ1) is 9.82. The molecule has 0 saturated carbocycles. The SMILES string of the molecule is Oc1ccc2nc(CC(F)(F)F)[nH]c2c1. The van der Waals surface area contributed by atoms with Gasteiger partial charge in [-0.3, -0.25) is 0 Å². The number of aromatic hydroxyl groups is 1. The predicted molar refractivity (Wildman–Crippen MR) is 47.5 cm³/mol. The number of hydrogen-bond donors (Lipinski definition) is 2. The molecule has 0 unspecified atom stereocenters. The highest BCUT2D eigenvalue weighted by Gasteiger charge is 2.29. The number of halogens is 3. The Morgan fingerprint density at radius 2 is 2.07 bits per heavy atom. The van der Waals surface area contributed by atoms with E-state index in [1.165, 1.54) is 18.2 Å². The smallest absolute Gasteiger partial charge is 0.396 e. The third-order valence-corrected chi connectivity index (χ3v) is 1.88. The lowest BCUT2D eigenvalue weighted by atomic mass is 10.3. The summed E-state index contributed by atoms with van der Waals surface area (Å²) in [6.45, 7) is 0. The number of hydrogen-bond acceptors (Lipinski definition) is 2. The van der Waals surface area contributed by atoms with Crippen molar-refractivity contribution >= 4 is 11.0 Å². The summed E-state index contributed by atoms with van der Waals surface area (Å²) < 4.78 is 36.1. The van der Waals surface area contributed by atoms with Crippen LogP contribution in [-0.4, -0.2) is 21.3 Å². The Kier molecular flexibility index (Phi) is 2.06. The number of phenolic OH excluding ortho intramolecular Hbond substituents is 1. The van der Waals surface area contributed by atoms with E-state index in [9.17, 15) is 13.2 Å². The molecular formula is C9H7F3N2O. The van der Waals surface area contributed by atoms with Crippen molar-refractivity contribution in [3.05, 3.63) is 24.0 Å². The summed E-state index contributed by atoms with van der Waals surface area (Å²) in [7, 11) is 0. The molecule has 80 valence electrons. The number of aromatic nitrogens is 2. The van der Waals surface area contributed by atoms with E-state index in [2.05, 4.69) is 9.97 Å². The summed E-state index contributed by atoms with van der Waals surface area (Å²) in [5, 5.41) is 9.10. The number of rotatable bonds is 1. The molecule has 0 radical (unpaired) electrons. The van der Waals surface area contributed by atoms with Crippen molar-refractivity contribution in [2.75, 3.05) is 0 Å². The van der Waals surface area contributed by atoms with E-state index >= 15 is 0 Å². The number of aromatic amines is 1. The molecule has 0 atom stereocenters. The Morgan fingerprint density at radius 3 is 2.73 bits per heavy atom. The topological polar surface area (TPSA) is 48.9 Å². The summed E-state index contributed by atoms with van der Waals surface area (Å²) in [5.74, 6) is -0.159. The molecule has 0 aliphatic carbocycles.